The van der Waals surface area contributed by atoms with E-state index < -0.39 is 0 Å². The Kier molecular flexibility index (Phi) is 17.4. The van der Waals surface area contributed by atoms with Gasteiger partial charge in [-0.1, -0.05) is 33.1 Å². The van der Waals surface area contributed by atoms with Crippen LogP contribution in [0.5, 0.6) is 0 Å². The molecule has 0 aliphatic rings. The Bertz CT molecular complexity index is 98.7. The number of hydrogen-bond donors (Lipinski definition) is 0. The maximum absolute atomic E-state index is 3.89. The summed E-state index contributed by atoms with van der Waals surface area (Å²) in [5.74, 6) is 0. The standard InChI is InChI=1S/C13H28N.Li/c1-4-7-10-13-14(11-8-5-2)12-9-6-3;/h1,4-13H2,2-3H3;/q-1;+1. The van der Waals surface area contributed by atoms with E-state index in [1.54, 1.807) is 0 Å². The molecule has 0 unspecified atom stereocenters. The van der Waals surface area contributed by atoms with Gasteiger partial charge in [-0.25, -0.2) is 0 Å². The molecule has 0 heterocycles. The van der Waals surface area contributed by atoms with E-state index in [1.807, 2.05) is 0 Å². The van der Waals surface area contributed by atoms with Crippen LogP contribution in [0.1, 0.15) is 58.8 Å². The second-order valence-electron chi connectivity index (χ2n) is 4.11. The van der Waals surface area contributed by atoms with Crippen molar-refractivity contribution in [2.45, 2.75) is 58.8 Å². The molecular weight excluding hydrogens is 177 g/mol. The molecule has 0 bridgehead atoms. The van der Waals surface area contributed by atoms with Gasteiger partial charge in [0, 0.05) is 0 Å². The fraction of sp³-hybridized carbons (Fsp3) is 0.923. The first-order valence-corrected chi connectivity index (χ1v) is 6.36. The zero-order chi connectivity index (χ0) is 10.6. The van der Waals surface area contributed by atoms with Gasteiger partial charge >= 0.3 is 18.9 Å². The number of nitrogens with zero attached hydrogens (tertiary/aromatic N) is 1. The summed E-state index contributed by atoms with van der Waals surface area (Å²) in [5, 5.41) is 0. The SMILES string of the molecule is [CH2-]CCCCN(CCCC)CCCC.[Li+]. The first kappa shape index (κ1) is 17.9. The first-order valence-electron chi connectivity index (χ1n) is 6.36. The molecule has 0 N–H and O–H groups in total. The third-order valence-electron chi connectivity index (χ3n) is 2.63. The molecule has 0 saturated carbocycles. The van der Waals surface area contributed by atoms with Gasteiger partial charge in [-0.15, -0.1) is 0 Å². The van der Waals surface area contributed by atoms with Crippen LogP contribution in [0.25, 0.3) is 0 Å². The molecule has 0 fully saturated rings. The van der Waals surface area contributed by atoms with Crippen molar-refractivity contribution < 1.29 is 18.9 Å². The van der Waals surface area contributed by atoms with Crippen molar-refractivity contribution in [2.24, 2.45) is 0 Å². The first-order chi connectivity index (χ1) is 6.85. The monoisotopic (exact) mass is 205 g/mol. The fourth-order valence-electron chi connectivity index (χ4n) is 1.61. The molecule has 0 aromatic carbocycles. The summed E-state index contributed by atoms with van der Waals surface area (Å²) in [4.78, 5) is 2.63. The Balaban J connectivity index is 0. The normalized spacial score (nSPS) is 10.4. The van der Waals surface area contributed by atoms with E-state index in [-0.39, 0.29) is 18.9 Å². The summed E-state index contributed by atoms with van der Waals surface area (Å²) in [6, 6.07) is 0. The molecule has 0 rings (SSSR count). The van der Waals surface area contributed by atoms with Gasteiger partial charge < -0.3 is 11.8 Å². The van der Waals surface area contributed by atoms with Crippen LogP contribution >= 0.6 is 0 Å². The van der Waals surface area contributed by atoms with E-state index in [1.165, 1.54) is 58.2 Å². The summed E-state index contributed by atoms with van der Waals surface area (Å²) in [5.41, 5.74) is 0. The Labute approximate surface area is 109 Å². The molecule has 0 amide bonds. The minimum atomic E-state index is 0. The van der Waals surface area contributed by atoms with Gasteiger partial charge in [0.1, 0.15) is 0 Å². The minimum absolute atomic E-state index is 0. The minimum Gasteiger partial charge on any atom is -0.343 e. The molecule has 0 atom stereocenters. The van der Waals surface area contributed by atoms with Gasteiger partial charge in [0.25, 0.3) is 0 Å². The van der Waals surface area contributed by atoms with Crippen LogP contribution in [0.4, 0.5) is 0 Å². The summed E-state index contributed by atoms with van der Waals surface area (Å²) in [6.45, 7) is 12.3. The van der Waals surface area contributed by atoms with Crippen molar-refractivity contribution in [1.29, 1.82) is 0 Å². The van der Waals surface area contributed by atoms with Crippen molar-refractivity contribution in [3.63, 3.8) is 0 Å². The third kappa shape index (κ3) is 12.5. The van der Waals surface area contributed by atoms with Crippen molar-refractivity contribution in [2.75, 3.05) is 19.6 Å². The van der Waals surface area contributed by atoms with Crippen molar-refractivity contribution in [1.82, 2.24) is 4.90 Å². The smallest absolute Gasteiger partial charge is 0.343 e. The quantitative estimate of drug-likeness (QED) is 0.291. The van der Waals surface area contributed by atoms with Crippen LogP contribution in [0, 0.1) is 6.92 Å². The second-order valence-corrected chi connectivity index (χ2v) is 4.11. The predicted octanol–water partition coefficient (Wildman–Crippen LogP) is 0.897. The topological polar surface area (TPSA) is 3.24 Å². The Morgan fingerprint density at radius 1 is 0.800 bits per heavy atom. The zero-order valence-electron chi connectivity index (χ0n) is 11.2. The number of rotatable bonds is 10. The Morgan fingerprint density at radius 3 is 1.67 bits per heavy atom. The Hall–Kier alpha value is 0.557. The van der Waals surface area contributed by atoms with Gasteiger partial charge in [0.05, 0.1) is 0 Å². The van der Waals surface area contributed by atoms with Gasteiger partial charge in [-0.05, 0) is 38.9 Å². The molecule has 0 saturated heterocycles. The van der Waals surface area contributed by atoms with Crippen LogP contribution < -0.4 is 18.9 Å². The van der Waals surface area contributed by atoms with Crippen molar-refractivity contribution in [3.8, 4) is 0 Å². The van der Waals surface area contributed by atoms with Crippen LogP contribution in [-0.4, -0.2) is 24.5 Å². The third-order valence-corrected chi connectivity index (χ3v) is 2.63. The van der Waals surface area contributed by atoms with Crippen molar-refractivity contribution in [3.05, 3.63) is 6.92 Å². The maximum Gasteiger partial charge on any atom is 1.00 e. The maximum atomic E-state index is 3.89. The van der Waals surface area contributed by atoms with Gasteiger partial charge in [0.2, 0.25) is 0 Å². The summed E-state index contributed by atoms with van der Waals surface area (Å²) < 4.78 is 0. The van der Waals surface area contributed by atoms with E-state index in [9.17, 15) is 0 Å². The number of unbranched alkanes of at least 4 members (excludes halogenated alkanes) is 4. The van der Waals surface area contributed by atoms with E-state index in [2.05, 4.69) is 25.7 Å². The Morgan fingerprint density at radius 2 is 1.27 bits per heavy atom. The summed E-state index contributed by atoms with van der Waals surface area (Å²) in [7, 11) is 0. The average molecular weight is 205 g/mol. The molecular formula is C13H28LiN. The molecule has 0 spiro atoms. The average Bonchev–Trinajstić information content (AvgIpc) is 2.21. The largest absolute Gasteiger partial charge is 1.00 e. The van der Waals surface area contributed by atoms with Crippen LogP contribution in [0.15, 0.2) is 0 Å². The predicted molar refractivity (Wildman–Crippen MR) is 65.5 cm³/mol. The molecule has 1 nitrogen and oxygen atoms in total. The van der Waals surface area contributed by atoms with Gasteiger partial charge in [-0.2, -0.15) is 6.42 Å². The van der Waals surface area contributed by atoms with E-state index in [4.69, 9.17) is 0 Å². The van der Waals surface area contributed by atoms with E-state index in [0.29, 0.717) is 0 Å². The molecule has 0 aliphatic heterocycles. The summed E-state index contributed by atoms with van der Waals surface area (Å²) in [6.07, 6.45) is 9.05. The molecule has 0 aromatic heterocycles. The molecule has 86 valence electrons. The zero-order valence-corrected chi connectivity index (χ0v) is 11.2. The molecule has 2 heteroatoms. The van der Waals surface area contributed by atoms with Gasteiger partial charge in [-0.3, -0.25) is 0 Å². The van der Waals surface area contributed by atoms with E-state index in [0.717, 1.165) is 6.42 Å². The van der Waals surface area contributed by atoms with Crippen LogP contribution in [-0.2, 0) is 0 Å². The van der Waals surface area contributed by atoms with Gasteiger partial charge in [0.15, 0.2) is 0 Å². The van der Waals surface area contributed by atoms with Crippen LogP contribution in [0.3, 0.4) is 0 Å². The van der Waals surface area contributed by atoms with Crippen molar-refractivity contribution >= 4 is 0 Å². The molecule has 0 aromatic rings. The molecule has 0 radical (unpaired) electrons. The molecule has 0 aliphatic carbocycles. The summed E-state index contributed by atoms with van der Waals surface area (Å²) >= 11 is 0. The molecule has 15 heavy (non-hydrogen) atoms. The second kappa shape index (κ2) is 14.6. The number of hydrogen-bond acceptors (Lipinski definition) is 1. The van der Waals surface area contributed by atoms with Crippen LogP contribution in [0.2, 0.25) is 0 Å². The van der Waals surface area contributed by atoms with E-state index >= 15 is 0 Å². The fourth-order valence-corrected chi connectivity index (χ4v) is 1.61.